The largest absolute Gasteiger partial charge is 2.00 e. The zero-order chi connectivity index (χ0) is 6.28. The second-order valence-corrected chi connectivity index (χ2v) is 5.24. The molecule has 0 aromatic rings. The average Bonchev–Trinajstić information content (AvgIpc) is 1.33. The van der Waals surface area contributed by atoms with Crippen LogP contribution in [0.15, 0.2) is 0 Å². The molecule has 1 nitrogen and oxygen atoms in total. The first kappa shape index (κ1) is 22.4. The van der Waals surface area contributed by atoms with Gasteiger partial charge in [-0.05, 0) is 7.92 Å². The van der Waals surface area contributed by atoms with Crippen molar-refractivity contribution in [1.82, 2.24) is 0 Å². The van der Waals surface area contributed by atoms with E-state index in [2.05, 4.69) is 43.2 Å². The number of hydrogen-bond donors (Lipinski definition) is 0. The number of hydrogen-bond acceptors (Lipinski definition) is 0. The Kier molecular flexibility index (Phi) is 56.4. The monoisotopic (exact) mass is 284 g/mol. The van der Waals surface area contributed by atoms with Crippen LogP contribution in [-0.4, -0.2) is 25.5 Å². The van der Waals surface area contributed by atoms with Gasteiger partial charge in [-0.1, -0.05) is 0 Å². The van der Waals surface area contributed by atoms with Crippen molar-refractivity contribution in [2.24, 2.45) is 0 Å². The maximum absolute atomic E-state index is 4.64. The molecule has 0 atom stereocenters. The van der Waals surface area contributed by atoms with Gasteiger partial charge in [0.25, 0.3) is 0 Å². The zero-order valence-corrected chi connectivity index (χ0v) is 9.72. The number of halogens is 2. The summed E-state index contributed by atoms with van der Waals surface area (Å²) in [7, 11) is 0.120. The SMILES string of the molecule is C[PH+](C)C.Cl[CH-]Cl.O.[Pd+2]. The van der Waals surface area contributed by atoms with E-state index >= 15 is 0 Å². The molecule has 0 aromatic carbocycles. The van der Waals surface area contributed by atoms with E-state index in [0.29, 0.717) is 0 Å². The maximum Gasteiger partial charge on any atom is 2.00 e. The molecule has 5 heteroatoms. The molecule has 2 N–H and O–H groups in total. The second-order valence-electron chi connectivity index (χ2n) is 1.58. The van der Waals surface area contributed by atoms with Crippen LogP contribution in [0.2, 0.25) is 0 Å². The van der Waals surface area contributed by atoms with Gasteiger partial charge in [0.05, 0.1) is 0 Å². The third-order valence-electron chi connectivity index (χ3n) is 0. The maximum atomic E-state index is 4.64. The molecule has 0 aliphatic carbocycles. The Morgan fingerprint density at radius 1 is 1.11 bits per heavy atom. The van der Waals surface area contributed by atoms with Crippen LogP contribution < -0.4 is 0 Å². The van der Waals surface area contributed by atoms with E-state index in [0.717, 1.165) is 5.34 Å². The third-order valence-corrected chi connectivity index (χ3v) is 0. The van der Waals surface area contributed by atoms with Gasteiger partial charge < -0.3 is 28.7 Å². The Morgan fingerprint density at radius 2 is 1.11 bits per heavy atom. The molecular weight excluding hydrogens is 272 g/mol. The van der Waals surface area contributed by atoms with E-state index in [1.165, 1.54) is 0 Å². The summed E-state index contributed by atoms with van der Waals surface area (Å²) >= 11 is 9.28. The van der Waals surface area contributed by atoms with Crippen LogP contribution >= 0.6 is 31.1 Å². The van der Waals surface area contributed by atoms with Gasteiger partial charge in [-0.25, -0.2) is 0 Å². The summed E-state index contributed by atoms with van der Waals surface area (Å²) in [5.74, 6) is 0. The van der Waals surface area contributed by atoms with E-state index in [-0.39, 0.29) is 33.8 Å². The smallest absolute Gasteiger partial charge is 0.412 e. The van der Waals surface area contributed by atoms with Crippen LogP contribution in [0.4, 0.5) is 0 Å². The van der Waals surface area contributed by atoms with Crippen molar-refractivity contribution in [3.05, 3.63) is 5.34 Å². The molecule has 0 rings (SSSR count). The van der Waals surface area contributed by atoms with Gasteiger partial charge in [0.2, 0.25) is 0 Å². The minimum absolute atomic E-state index is 0. The molecule has 0 aliphatic rings. The molecule has 0 aliphatic heterocycles. The summed E-state index contributed by atoms with van der Waals surface area (Å²) in [6, 6.07) is 0. The van der Waals surface area contributed by atoms with Crippen molar-refractivity contribution >= 4 is 31.1 Å². The molecular formula is C4H13Cl2OPPd+2. The first-order valence-corrected chi connectivity index (χ1v) is 5.81. The summed E-state index contributed by atoms with van der Waals surface area (Å²) in [6.45, 7) is 6.81. The minimum atomic E-state index is 0. The molecule has 0 amide bonds. The molecule has 0 heterocycles. The van der Waals surface area contributed by atoms with Crippen LogP contribution in [0.5, 0.6) is 0 Å². The van der Waals surface area contributed by atoms with E-state index in [9.17, 15) is 0 Å². The van der Waals surface area contributed by atoms with Gasteiger partial charge in [0.15, 0.2) is 0 Å². The fourth-order valence-corrected chi connectivity index (χ4v) is 0. The van der Waals surface area contributed by atoms with Crippen molar-refractivity contribution in [3.63, 3.8) is 0 Å². The fourth-order valence-electron chi connectivity index (χ4n) is 0. The van der Waals surface area contributed by atoms with Crippen LogP contribution in [0.3, 0.4) is 0 Å². The zero-order valence-electron chi connectivity index (χ0n) is 5.65. The predicted molar refractivity (Wildman–Crippen MR) is 45.7 cm³/mol. The molecule has 0 fully saturated rings. The summed E-state index contributed by atoms with van der Waals surface area (Å²) in [5.41, 5.74) is 0. The second kappa shape index (κ2) is 22.6. The number of rotatable bonds is 0. The molecule has 0 radical (unpaired) electrons. The molecule has 62 valence electrons. The van der Waals surface area contributed by atoms with Crippen molar-refractivity contribution in [2.45, 2.75) is 0 Å². The standard InChI is InChI=1S/C3H9P.CHCl2.H2O.Pd/c1-4(2)3;2-1-3;;/h1-3H3;1H;1H2;/q;-1;;+2/p+1. The normalized spacial score (nSPS) is 6.00. The van der Waals surface area contributed by atoms with Crippen LogP contribution in [0.1, 0.15) is 0 Å². The van der Waals surface area contributed by atoms with Crippen LogP contribution in [0.25, 0.3) is 0 Å². The van der Waals surface area contributed by atoms with Gasteiger partial charge in [0.1, 0.15) is 0 Å². The van der Waals surface area contributed by atoms with Gasteiger partial charge >= 0.3 is 20.4 Å². The first-order chi connectivity index (χ1) is 3.15. The molecule has 9 heavy (non-hydrogen) atoms. The van der Waals surface area contributed by atoms with Gasteiger partial charge in [-0.2, -0.15) is 5.34 Å². The molecule has 0 spiro atoms. The summed E-state index contributed by atoms with van der Waals surface area (Å²) in [4.78, 5) is 0. The minimum Gasteiger partial charge on any atom is -0.412 e. The van der Waals surface area contributed by atoms with Crippen molar-refractivity contribution in [3.8, 4) is 0 Å². The van der Waals surface area contributed by atoms with Crippen molar-refractivity contribution in [1.29, 1.82) is 0 Å². The van der Waals surface area contributed by atoms with E-state index in [4.69, 9.17) is 0 Å². The molecule has 0 saturated carbocycles. The van der Waals surface area contributed by atoms with Crippen LogP contribution in [-0.2, 0) is 20.4 Å². The molecule has 0 saturated heterocycles. The average molecular weight is 285 g/mol. The van der Waals surface area contributed by atoms with Crippen molar-refractivity contribution in [2.75, 3.05) is 20.0 Å². The topological polar surface area (TPSA) is 31.5 Å². The van der Waals surface area contributed by atoms with E-state index < -0.39 is 0 Å². The fraction of sp³-hybridized carbons (Fsp3) is 0.750. The summed E-state index contributed by atoms with van der Waals surface area (Å²) in [6.07, 6.45) is 0. The van der Waals surface area contributed by atoms with Crippen LogP contribution in [0, 0.1) is 5.34 Å². The Balaban J connectivity index is -0.0000000233. The predicted octanol–water partition coefficient (Wildman–Crippen LogP) is 1.85. The summed E-state index contributed by atoms with van der Waals surface area (Å²) < 4.78 is 0. The molecule has 0 bridgehead atoms. The Morgan fingerprint density at radius 3 is 1.11 bits per heavy atom. The Hall–Kier alpha value is 1.63. The van der Waals surface area contributed by atoms with Gasteiger partial charge in [-0.3, -0.25) is 0 Å². The quantitative estimate of drug-likeness (QED) is 0.369. The first-order valence-electron chi connectivity index (χ1n) is 1.94. The Labute approximate surface area is 82.2 Å². The van der Waals surface area contributed by atoms with E-state index in [1.54, 1.807) is 0 Å². The summed E-state index contributed by atoms with van der Waals surface area (Å²) in [5, 5.41) is 0.944. The van der Waals surface area contributed by atoms with E-state index in [1.807, 2.05) is 0 Å². The molecule has 0 unspecified atom stereocenters. The van der Waals surface area contributed by atoms with Gasteiger partial charge in [-0.15, -0.1) is 0 Å². The third kappa shape index (κ3) is 211. The Bertz CT molecular complexity index is 29.8. The van der Waals surface area contributed by atoms with Gasteiger partial charge in [0, 0.05) is 20.0 Å². The van der Waals surface area contributed by atoms with Crippen molar-refractivity contribution < 1.29 is 25.9 Å². The molecule has 0 aromatic heterocycles.